The predicted molar refractivity (Wildman–Crippen MR) is 80.0 cm³/mol. The molecule has 1 aliphatic carbocycles. The van der Waals surface area contributed by atoms with Crippen molar-refractivity contribution in [3.8, 4) is 11.8 Å². The first-order valence-electron chi connectivity index (χ1n) is 6.97. The third-order valence-electron chi connectivity index (χ3n) is 3.12. The highest BCUT2D eigenvalue weighted by molar-refractivity contribution is 5.47. The summed E-state index contributed by atoms with van der Waals surface area (Å²) in [6, 6.07) is 12.5. The van der Waals surface area contributed by atoms with Gasteiger partial charge in [-0.05, 0) is 48.4 Å². The van der Waals surface area contributed by atoms with Crippen molar-refractivity contribution in [1.82, 2.24) is 4.98 Å². The average molecular weight is 249 g/mol. The fourth-order valence-corrected chi connectivity index (χ4v) is 2.21. The molecule has 0 N–H and O–H groups in total. The third kappa shape index (κ3) is 3.23. The Hall–Kier alpha value is -2.07. The largest absolute Gasteiger partial charge is 0.247 e. The van der Waals surface area contributed by atoms with E-state index >= 15 is 0 Å². The molecular formula is C18H19N. The molecule has 0 unspecified atom stereocenters. The minimum atomic E-state index is 0.934. The van der Waals surface area contributed by atoms with Gasteiger partial charge < -0.3 is 0 Å². The molecule has 0 fully saturated rings. The van der Waals surface area contributed by atoms with E-state index < -0.39 is 0 Å². The van der Waals surface area contributed by atoms with Crippen molar-refractivity contribution in [3.05, 3.63) is 65.0 Å². The molecule has 0 atom stereocenters. The van der Waals surface area contributed by atoms with Gasteiger partial charge in [-0.2, -0.15) is 0 Å². The fourth-order valence-electron chi connectivity index (χ4n) is 2.21. The number of benzene rings is 1. The summed E-state index contributed by atoms with van der Waals surface area (Å²) < 4.78 is 0. The number of hydrogen-bond acceptors (Lipinski definition) is 1. The molecule has 96 valence electrons. The SMILES string of the molecule is C1#Cc2ncccc2CCCc2ccccc21.CC. The van der Waals surface area contributed by atoms with Crippen molar-refractivity contribution in [1.29, 1.82) is 0 Å². The van der Waals surface area contributed by atoms with E-state index in [1.165, 1.54) is 11.1 Å². The molecule has 1 aliphatic rings. The van der Waals surface area contributed by atoms with Crippen molar-refractivity contribution in [2.75, 3.05) is 0 Å². The molecule has 0 radical (unpaired) electrons. The van der Waals surface area contributed by atoms with E-state index in [1.54, 1.807) is 0 Å². The van der Waals surface area contributed by atoms with Crippen LogP contribution < -0.4 is 0 Å². The summed E-state index contributed by atoms with van der Waals surface area (Å²) in [7, 11) is 0. The first-order valence-corrected chi connectivity index (χ1v) is 6.97. The summed E-state index contributed by atoms with van der Waals surface area (Å²) in [5, 5.41) is 0. The molecule has 0 bridgehead atoms. The lowest BCUT2D eigenvalue weighted by molar-refractivity contribution is 0.815. The summed E-state index contributed by atoms with van der Waals surface area (Å²) in [5.74, 6) is 6.45. The van der Waals surface area contributed by atoms with Crippen LogP contribution in [0.25, 0.3) is 0 Å². The molecule has 0 spiro atoms. The zero-order chi connectivity index (χ0) is 13.5. The normalized spacial score (nSPS) is 12.1. The van der Waals surface area contributed by atoms with Crippen LogP contribution in [0, 0.1) is 11.8 Å². The van der Waals surface area contributed by atoms with Crippen molar-refractivity contribution in [2.45, 2.75) is 33.1 Å². The average Bonchev–Trinajstić information content (AvgIpc) is 2.58. The number of rotatable bonds is 0. The van der Waals surface area contributed by atoms with E-state index in [4.69, 9.17) is 0 Å². The van der Waals surface area contributed by atoms with E-state index in [-0.39, 0.29) is 0 Å². The van der Waals surface area contributed by atoms with Gasteiger partial charge >= 0.3 is 0 Å². The van der Waals surface area contributed by atoms with Gasteiger partial charge in [0.05, 0.1) is 0 Å². The van der Waals surface area contributed by atoms with Crippen LogP contribution in [-0.4, -0.2) is 4.98 Å². The van der Waals surface area contributed by atoms with Crippen LogP contribution >= 0.6 is 0 Å². The summed E-state index contributed by atoms with van der Waals surface area (Å²) >= 11 is 0. The number of aryl methyl sites for hydroxylation is 2. The Kier molecular flexibility index (Phi) is 4.75. The Morgan fingerprint density at radius 2 is 1.63 bits per heavy atom. The van der Waals surface area contributed by atoms with Gasteiger partial charge in [-0.15, -0.1) is 0 Å². The summed E-state index contributed by atoms with van der Waals surface area (Å²) in [6.07, 6.45) is 5.13. The van der Waals surface area contributed by atoms with Crippen LogP contribution in [0.1, 0.15) is 42.7 Å². The van der Waals surface area contributed by atoms with Crippen molar-refractivity contribution in [3.63, 3.8) is 0 Å². The van der Waals surface area contributed by atoms with Gasteiger partial charge in [0.25, 0.3) is 0 Å². The Bertz CT molecular complexity index is 551. The molecule has 1 aromatic carbocycles. The lowest BCUT2D eigenvalue weighted by Gasteiger charge is -2.03. The van der Waals surface area contributed by atoms with Gasteiger partial charge in [0.15, 0.2) is 0 Å². The number of nitrogens with zero attached hydrogens (tertiary/aromatic N) is 1. The highest BCUT2D eigenvalue weighted by Crippen LogP contribution is 2.15. The monoisotopic (exact) mass is 249 g/mol. The van der Waals surface area contributed by atoms with Gasteiger partial charge in [0.2, 0.25) is 0 Å². The van der Waals surface area contributed by atoms with E-state index in [1.807, 2.05) is 32.2 Å². The molecule has 1 nitrogen and oxygen atoms in total. The highest BCUT2D eigenvalue weighted by atomic mass is 14.7. The topological polar surface area (TPSA) is 12.9 Å². The van der Waals surface area contributed by atoms with Crippen LogP contribution in [0.2, 0.25) is 0 Å². The van der Waals surface area contributed by atoms with Crippen molar-refractivity contribution >= 4 is 0 Å². The lowest BCUT2D eigenvalue weighted by atomic mass is 10.0. The molecule has 3 rings (SSSR count). The number of pyridine rings is 1. The Balaban J connectivity index is 0.000000637. The number of hydrogen-bond donors (Lipinski definition) is 0. The number of aromatic nitrogens is 1. The third-order valence-corrected chi connectivity index (χ3v) is 3.12. The van der Waals surface area contributed by atoms with Gasteiger partial charge in [-0.25, -0.2) is 4.98 Å². The minimum absolute atomic E-state index is 0.934. The minimum Gasteiger partial charge on any atom is -0.247 e. The standard InChI is InChI=1S/C16H13N.C2H6/c1-2-6-14-10-11-16-15(9-4-12-17-16)8-3-7-13(14)5-1;1-2/h1-2,4-6,9,12H,3,7-8H2;1-2H3. The van der Waals surface area contributed by atoms with Gasteiger partial charge in [0.1, 0.15) is 5.69 Å². The molecular weight excluding hydrogens is 230 g/mol. The Morgan fingerprint density at radius 3 is 2.53 bits per heavy atom. The first-order chi connectivity index (χ1) is 9.43. The van der Waals surface area contributed by atoms with Crippen LogP contribution in [0.5, 0.6) is 0 Å². The lowest BCUT2D eigenvalue weighted by Crippen LogP contribution is -1.94. The van der Waals surface area contributed by atoms with Crippen LogP contribution in [0.15, 0.2) is 42.6 Å². The second-order valence-corrected chi connectivity index (χ2v) is 4.27. The second-order valence-electron chi connectivity index (χ2n) is 4.27. The zero-order valence-electron chi connectivity index (χ0n) is 11.6. The van der Waals surface area contributed by atoms with Crippen LogP contribution in [0.4, 0.5) is 0 Å². The van der Waals surface area contributed by atoms with Crippen LogP contribution in [-0.2, 0) is 12.8 Å². The maximum absolute atomic E-state index is 4.36. The molecule has 2 aromatic rings. The first kappa shape index (κ1) is 13.4. The molecule has 1 aromatic heterocycles. The van der Waals surface area contributed by atoms with Gasteiger partial charge in [-0.3, -0.25) is 0 Å². The predicted octanol–water partition coefficient (Wildman–Crippen LogP) is 4.00. The van der Waals surface area contributed by atoms with E-state index in [9.17, 15) is 0 Å². The number of fused-ring (bicyclic) bond motifs is 2. The fraction of sp³-hybridized carbons (Fsp3) is 0.278. The Morgan fingerprint density at radius 1 is 0.895 bits per heavy atom. The quantitative estimate of drug-likeness (QED) is 0.643. The maximum Gasteiger partial charge on any atom is 0.116 e. The summed E-state index contributed by atoms with van der Waals surface area (Å²) in [5.41, 5.74) is 4.70. The van der Waals surface area contributed by atoms with E-state index in [0.29, 0.717) is 0 Å². The molecule has 0 aliphatic heterocycles. The molecule has 0 saturated carbocycles. The van der Waals surface area contributed by atoms with Crippen molar-refractivity contribution < 1.29 is 0 Å². The molecule has 0 saturated heterocycles. The van der Waals surface area contributed by atoms with Crippen molar-refractivity contribution in [2.24, 2.45) is 0 Å². The van der Waals surface area contributed by atoms with E-state index in [0.717, 1.165) is 30.5 Å². The maximum atomic E-state index is 4.36. The highest BCUT2D eigenvalue weighted by Gasteiger charge is 2.05. The zero-order valence-corrected chi connectivity index (χ0v) is 11.6. The van der Waals surface area contributed by atoms with Gasteiger partial charge in [0, 0.05) is 11.8 Å². The Labute approximate surface area is 115 Å². The molecule has 0 amide bonds. The smallest absolute Gasteiger partial charge is 0.116 e. The second kappa shape index (κ2) is 6.75. The molecule has 1 heterocycles. The molecule has 1 heteroatoms. The summed E-state index contributed by atoms with van der Waals surface area (Å²) in [4.78, 5) is 4.36. The van der Waals surface area contributed by atoms with Gasteiger partial charge in [-0.1, -0.05) is 44.0 Å². The van der Waals surface area contributed by atoms with E-state index in [2.05, 4.69) is 41.1 Å². The molecule has 19 heavy (non-hydrogen) atoms. The van der Waals surface area contributed by atoms with Crippen LogP contribution in [0.3, 0.4) is 0 Å². The summed E-state index contributed by atoms with van der Waals surface area (Å²) in [6.45, 7) is 4.00.